The predicted molar refractivity (Wildman–Crippen MR) is 77.3 cm³/mol. The van der Waals surface area contributed by atoms with E-state index in [1.165, 1.54) is 23.4 Å². The van der Waals surface area contributed by atoms with Gasteiger partial charge in [-0.3, -0.25) is 4.98 Å². The third-order valence-electron chi connectivity index (χ3n) is 3.66. The van der Waals surface area contributed by atoms with Crippen molar-refractivity contribution in [3.8, 4) is 0 Å². The molecular formula is C15H25N3. The van der Waals surface area contributed by atoms with E-state index in [2.05, 4.69) is 49.0 Å². The van der Waals surface area contributed by atoms with Crippen molar-refractivity contribution in [1.29, 1.82) is 0 Å². The molecule has 0 atom stereocenters. The standard InChI is InChI=1S/C15H25N3/c1-5-6-13-12(2)16-8-7-14(13)18-10-9-17-15(3,4)11-18/h7-8,17H,5-6,9-11H2,1-4H3. The molecule has 0 saturated carbocycles. The molecule has 1 aliphatic heterocycles. The maximum Gasteiger partial charge on any atom is 0.0433 e. The van der Waals surface area contributed by atoms with Crippen LogP contribution in [0.2, 0.25) is 0 Å². The maximum atomic E-state index is 4.45. The van der Waals surface area contributed by atoms with Crippen LogP contribution in [0.4, 0.5) is 5.69 Å². The fourth-order valence-corrected chi connectivity index (χ4v) is 2.79. The van der Waals surface area contributed by atoms with Gasteiger partial charge in [0.25, 0.3) is 0 Å². The number of nitrogens with one attached hydrogen (secondary N) is 1. The topological polar surface area (TPSA) is 28.2 Å². The molecule has 2 heterocycles. The molecule has 1 aromatic heterocycles. The Kier molecular flexibility index (Phi) is 3.91. The molecule has 0 aromatic carbocycles. The van der Waals surface area contributed by atoms with Crippen LogP contribution < -0.4 is 10.2 Å². The Balaban J connectivity index is 2.29. The summed E-state index contributed by atoms with van der Waals surface area (Å²) in [4.78, 5) is 6.96. The van der Waals surface area contributed by atoms with Crippen molar-refractivity contribution in [2.75, 3.05) is 24.5 Å². The molecular weight excluding hydrogens is 222 g/mol. The predicted octanol–water partition coefficient (Wildman–Crippen LogP) is 2.53. The molecule has 0 aliphatic carbocycles. The molecule has 2 rings (SSSR count). The molecule has 1 N–H and O–H groups in total. The van der Waals surface area contributed by atoms with Crippen LogP contribution in [0.15, 0.2) is 12.3 Å². The molecule has 0 spiro atoms. The summed E-state index contributed by atoms with van der Waals surface area (Å²) >= 11 is 0. The molecule has 0 unspecified atom stereocenters. The van der Waals surface area contributed by atoms with Crippen LogP contribution in [0.3, 0.4) is 0 Å². The van der Waals surface area contributed by atoms with Gasteiger partial charge in [-0.25, -0.2) is 0 Å². The van der Waals surface area contributed by atoms with E-state index in [0.717, 1.165) is 26.1 Å². The summed E-state index contributed by atoms with van der Waals surface area (Å²) in [6.45, 7) is 12.1. The first kappa shape index (κ1) is 13.3. The first-order chi connectivity index (χ1) is 8.53. The fraction of sp³-hybridized carbons (Fsp3) is 0.667. The quantitative estimate of drug-likeness (QED) is 0.889. The first-order valence-corrected chi connectivity index (χ1v) is 6.98. The van der Waals surface area contributed by atoms with Gasteiger partial charge in [-0.1, -0.05) is 13.3 Å². The summed E-state index contributed by atoms with van der Waals surface area (Å²) in [5.74, 6) is 0. The number of nitrogens with zero attached hydrogens (tertiary/aromatic N) is 2. The van der Waals surface area contributed by atoms with E-state index < -0.39 is 0 Å². The minimum atomic E-state index is 0.193. The lowest BCUT2D eigenvalue weighted by atomic mass is 9.99. The van der Waals surface area contributed by atoms with Crippen molar-refractivity contribution < 1.29 is 0 Å². The Morgan fingerprint density at radius 3 is 2.89 bits per heavy atom. The second-order valence-electron chi connectivity index (χ2n) is 5.88. The zero-order valence-electron chi connectivity index (χ0n) is 12.1. The van der Waals surface area contributed by atoms with Crippen LogP contribution in [0.5, 0.6) is 0 Å². The second-order valence-corrected chi connectivity index (χ2v) is 5.88. The average molecular weight is 247 g/mol. The lowest BCUT2D eigenvalue weighted by molar-refractivity contribution is 0.352. The second kappa shape index (κ2) is 5.27. The summed E-state index contributed by atoms with van der Waals surface area (Å²) in [5, 5.41) is 3.57. The number of aromatic nitrogens is 1. The summed E-state index contributed by atoms with van der Waals surface area (Å²) in [7, 11) is 0. The van der Waals surface area contributed by atoms with Gasteiger partial charge >= 0.3 is 0 Å². The Labute approximate surface area is 111 Å². The van der Waals surface area contributed by atoms with E-state index in [4.69, 9.17) is 0 Å². The van der Waals surface area contributed by atoms with Gasteiger partial charge < -0.3 is 10.2 Å². The van der Waals surface area contributed by atoms with Gasteiger partial charge in [0, 0.05) is 42.8 Å². The van der Waals surface area contributed by atoms with Crippen LogP contribution >= 0.6 is 0 Å². The van der Waals surface area contributed by atoms with E-state index in [1.54, 1.807) is 0 Å². The van der Waals surface area contributed by atoms with Crippen molar-refractivity contribution in [1.82, 2.24) is 10.3 Å². The van der Waals surface area contributed by atoms with Crippen molar-refractivity contribution in [3.63, 3.8) is 0 Å². The minimum absolute atomic E-state index is 0.193. The molecule has 3 nitrogen and oxygen atoms in total. The molecule has 100 valence electrons. The van der Waals surface area contributed by atoms with Crippen LogP contribution in [0, 0.1) is 6.92 Å². The van der Waals surface area contributed by atoms with Gasteiger partial charge in [0.1, 0.15) is 0 Å². The van der Waals surface area contributed by atoms with Crippen LogP contribution in [-0.2, 0) is 6.42 Å². The number of pyridine rings is 1. The van der Waals surface area contributed by atoms with Gasteiger partial charge in [0.15, 0.2) is 0 Å². The van der Waals surface area contributed by atoms with Gasteiger partial charge in [-0.15, -0.1) is 0 Å². The zero-order valence-corrected chi connectivity index (χ0v) is 12.1. The van der Waals surface area contributed by atoms with Crippen LogP contribution in [0.1, 0.15) is 38.4 Å². The molecule has 1 aromatic rings. The largest absolute Gasteiger partial charge is 0.368 e. The van der Waals surface area contributed by atoms with Gasteiger partial charge in [0.05, 0.1) is 0 Å². The van der Waals surface area contributed by atoms with Crippen molar-refractivity contribution in [2.24, 2.45) is 0 Å². The number of aryl methyl sites for hydroxylation is 1. The SMILES string of the molecule is CCCc1c(N2CCNC(C)(C)C2)ccnc1C. The van der Waals surface area contributed by atoms with Crippen molar-refractivity contribution >= 4 is 5.69 Å². The minimum Gasteiger partial charge on any atom is -0.368 e. The Morgan fingerprint density at radius 1 is 1.44 bits per heavy atom. The number of rotatable bonds is 3. The zero-order chi connectivity index (χ0) is 13.2. The third kappa shape index (κ3) is 2.83. The molecule has 0 bridgehead atoms. The molecule has 1 saturated heterocycles. The van der Waals surface area contributed by atoms with Gasteiger partial charge in [-0.2, -0.15) is 0 Å². The smallest absolute Gasteiger partial charge is 0.0433 e. The molecule has 1 aliphatic rings. The first-order valence-electron chi connectivity index (χ1n) is 6.98. The fourth-order valence-electron chi connectivity index (χ4n) is 2.79. The lowest BCUT2D eigenvalue weighted by Gasteiger charge is -2.41. The number of hydrogen-bond donors (Lipinski definition) is 1. The highest BCUT2D eigenvalue weighted by Gasteiger charge is 2.27. The van der Waals surface area contributed by atoms with E-state index in [0.29, 0.717) is 0 Å². The Morgan fingerprint density at radius 2 is 2.22 bits per heavy atom. The van der Waals surface area contributed by atoms with Crippen molar-refractivity contribution in [2.45, 2.75) is 46.1 Å². The van der Waals surface area contributed by atoms with E-state index in [9.17, 15) is 0 Å². The highest BCUT2D eigenvalue weighted by Crippen LogP contribution is 2.26. The lowest BCUT2D eigenvalue weighted by Crippen LogP contribution is -2.57. The molecule has 0 amide bonds. The number of anilines is 1. The van der Waals surface area contributed by atoms with Gasteiger partial charge in [-0.05, 0) is 38.8 Å². The van der Waals surface area contributed by atoms with Crippen molar-refractivity contribution in [3.05, 3.63) is 23.5 Å². The van der Waals surface area contributed by atoms with Crippen LogP contribution in [0.25, 0.3) is 0 Å². The van der Waals surface area contributed by atoms with Gasteiger partial charge in [0.2, 0.25) is 0 Å². The summed E-state index contributed by atoms with van der Waals surface area (Å²) < 4.78 is 0. The summed E-state index contributed by atoms with van der Waals surface area (Å²) in [6.07, 6.45) is 4.24. The molecule has 0 radical (unpaired) electrons. The Bertz CT molecular complexity index is 412. The third-order valence-corrected chi connectivity index (χ3v) is 3.66. The number of piperazine rings is 1. The molecule has 1 fully saturated rings. The van der Waals surface area contributed by atoms with E-state index >= 15 is 0 Å². The number of hydrogen-bond acceptors (Lipinski definition) is 3. The van der Waals surface area contributed by atoms with E-state index in [-0.39, 0.29) is 5.54 Å². The highest BCUT2D eigenvalue weighted by molar-refractivity contribution is 5.55. The maximum absolute atomic E-state index is 4.45. The normalized spacial score (nSPS) is 19.0. The summed E-state index contributed by atoms with van der Waals surface area (Å²) in [5.41, 5.74) is 4.20. The molecule has 18 heavy (non-hydrogen) atoms. The monoisotopic (exact) mass is 247 g/mol. The Hall–Kier alpha value is -1.09. The highest BCUT2D eigenvalue weighted by atomic mass is 15.2. The average Bonchev–Trinajstić information content (AvgIpc) is 2.30. The van der Waals surface area contributed by atoms with E-state index in [1.807, 2.05) is 6.20 Å². The van der Waals surface area contributed by atoms with Crippen LogP contribution in [-0.4, -0.2) is 30.2 Å². The molecule has 3 heteroatoms. The summed E-state index contributed by atoms with van der Waals surface area (Å²) in [6, 6.07) is 2.18.